The fourth-order valence-electron chi connectivity index (χ4n) is 3.07. The molecule has 1 heterocycles. The Balaban J connectivity index is 1.54. The van der Waals surface area contributed by atoms with Gasteiger partial charge in [-0.1, -0.05) is 18.2 Å². The van der Waals surface area contributed by atoms with Crippen LogP contribution in [0.15, 0.2) is 42.5 Å². The fraction of sp³-hybridized carbons (Fsp3) is 0.278. The van der Waals surface area contributed by atoms with Gasteiger partial charge in [-0.25, -0.2) is 22.2 Å². The lowest BCUT2D eigenvalue weighted by atomic mass is 10.1. The van der Waals surface area contributed by atoms with Crippen molar-refractivity contribution in [1.29, 1.82) is 0 Å². The number of hydrogen-bond acceptors (Lipinski definition) is 7. The monoisotopic (exact) mass is 454 g/mol. The standard InChI is InChI=1S/C18H22N4O6S2/c19-15-5-1-3-14(9-15)12-29(25,26)20-8-2-4-13-6-7-16(17(23)10-13)22-11-18(24)21-30(22,27)28/h1,3,5-7,9-10,20,23H,2,4,8,11-12,19H2,(H,21,24). The molecule has 0 atom stereocenters. The normalized spacial score (nSPS) is 15.9. The second-order valence-electron chi connectivity index (χ2n) is 6.86. The number of rotatable bonds is 8. The molecule has 0 saturated carbocycles. The van der Waals surface area contributed by atoms with E-state index in [9.17, 15) is 26.7 Å². The van der Waals surface area contributed by atoms with E-state index in [1.807, 2.05) is 4.72 Å². The lowest BCUT2D eigenvalue weighted by Gasteiger charge is -2.16. The van der Waals surface area contributed by atoms with Crippen LogP contribution in [0.1, 0.15) is 17.5 Å². The maximum atomic E-state index is 12.2. The first kappa shape index (κ1) is 21.9. The number of aromatic hydroxyl groups is 1. The number of amides is 1. The zero-order valence-corrected chi connectivity index (χ0v) is 17.5. The van der Waals surface area contributed by atoms with Crippen LogP contribution in [0.4, 0.5) is 11.4 Å². The third-order valence-electron chi connectivity index (χ3n) is 4.40. The SMILES string of the molecule is Nc1cccc(CS(=O)(=O)NCCCc2ccc(N3CC(=O)NS3(=O)=O)c(O)c2)c1. The van der Waals surface area contributed by atoms with E-state index < -0.39 is 32.7 Å². The predicted octanol–water partition coefficient (Wildman–Crippen LogP) is 0.208. The number of nitrogens with one attached hydrogen (secondary N) is 2. The van der Waals surface area contributed by atoms with Gasteiger partial charge in [-0.05, 0) is 48.2 Å². The van der Waals surface area contributed by atoms with Gasteiger partial charge in [-0.2, -0.15) is 8.42 Å². The first-order chi connectivity index (χ1) is 14.1. The third kappa shape index (κ3) is 5.40. The average Bonchev–Trinajstić information content (AvgIpc) is 2.90. The van der Waals surface area contributed by atoms with Gasteiger partial charge in [0.15, 0.2) is 0 Å². The number of carbonyl (C=O) groups is 1. The second kappa shape index (κ2) is 8.50. The quantitative estimate of drug-likeness (QED) is 0.328. The van der Waals surface area contributed by atoms with E-state index in [1.165, 1.54) is 12.1 Å². The van der Waals surface area contributed by atoms with Gasteiger partial charge >= 0.3 is 10.2 Å². The Labute approximate surface area is 174 Å². The van der Waals surface area contributed by atoms with Crippen molar-refractivity contribution >= 4 is 37.5 Å². The van der Waals surface area contributed by atoms with Gasteiger partial charge in [0.2, 0.25) is 10.0 Å². The maximum Gasteiger partial charge on any atom is 0.326 e. The topological polar surface area (TPSA) is 159 Å². The summed E-state index contributed by atoms with van der Waals surface area (Å²) in [6, 6.07) is 11.1. The highest BCUT2D eigenvalue weighted by atomic mass is 32.2. The van der Waals surface area contributed by atoms with Gasteiger partial charge in [-0.3, -0.25) is 4.79 Å². The van der Waals surface area contributed by atoms with Crippen molar-refractivity contribution in [1.82, 2.24) is 9.44 Å². The number of hydrogen-bond donors (Lipinski definition) is 4. The molecule has 12 heteroatoms. The van der Waals surface area contributed by atoms with E-state index >= 15 is 0 Å². The number of benzene rings is 2. The molecule has 0 bridgehead atoms. The van der Waals surface area contributed by atoms with Crippen molar-refractivity contribution in [2.24, 2.45) is 0 Å². The molecule has 10 nitrogen and oxygen atoms in total. The molecule has 0 spiro atoms. The van der Waals surface area contributed by atoms with Crippen LogP contribution >= 0.6 is 0 Å². The Morgan fingerprint density at radius 1 is 1.17 bits per heavy atom. The maximum absolute atomic E-state index is 12.2. The lowest BCUT2D eigenvalue weighted by molar-refractivity contribution is -0.117. The predicted molar refractivity (Wildman–Crippen MR) is 112 cm³/mol. The number of aryl methyl sites for hydroxylation is 1. The van der Waals surface area contributed by atoms with Crippen LogP contribution in [0.3, 0.4) is 0 Å². The Morgan fingerprint density at radius 2 is 1.93 bits per heavy atom. The summed E-state index contributed by atoms with van der Waals surface area (Å²) in [5.41, 5.74) is 7.44. The van der Waals surface area contributed by atoms with Crippen molar-refractivity contribution in [2.75, 3.05) is 23.1 Å². The summed E-state index contributed by atoms with van der Waals surface area (Å²) >= 11 is 0. The second-order valence-corrected chi connectivity index (χ2v) is 10.3. The highest BCUT2D eigenvalue weighted by Gasteiger charge is 2.35. The molecule has 1 aliphatic rings. The van der Waals surface area contributed by atoms with Gasteiger partial charge in [0.05, 0.1) is 11.4 Å². The fourth-order valence-corrected chi connectivity index (χ4v) is 5.41. The van der Waals surface area contributed by atoms with Gasteiger partial charge < -0.3 is 10.8 Å². The van der Waals surface area contributed by atoms with Gasteiger partial charge in [0, 0.05) is 12.2 Å². The smallest absolute Gasteiger partial charge is 0.326 e. The number of sulfonamides is 1. The van der Waals surface area contributed by atoms with Crippen molar-refractivity contribution < 1.29 is 26.7 Å². The van der Waals surface area contributed by atoms with E-state index in [0.717, 1.165) is 4.31 Å². The number of nitrogens with zero attached hydrogens (tertiary/aromatic N) is 1. The molecule has 0 aromatic heterocycles. The molecule has 0 unspecified atom stereocenters. The summed E-state index contributed by atoms with van der Waals surface area (Å²) in [6.07, 6.45) is 0.926. The Hall–Kier alpha value is -2.83. The molecule has 2 aromatic rings. The molecule has 1 fully saturated rings. The number of nitrogen functional groups attached to an aromatic ring is 1. The van der Waals surface area contributed by atoms with Crippen molar-refractivity contribution in [2.45, 2.75) is 18.6 Å². The minimum Gasteiger partial charge on any atom is -0.506 e. The van der Waals surface area contributed by atoms with Gasteiger partial charge in [0.25, 0.3) is 5.91 Å². The summed E-state index contributed by atoms with van der Waals surface area (Å²) in [5.74, 6) is -1.14. The van der Waals surface area contributed by atoms with Crippen LogP contribution < -0.4 is 19.5 Å². The highest BCUT2D eigenvalue weighted by molar-refractivity contribution is 7.92. The van der Waals surface area contributed by atoms with Crippen LogP contribution in [0.5, 0.6) is 5.75 Å². The Kier molecular flexibility index (Phi) is 6.19. The summed E-state index contributed by atoms with van der Waals surface area (Å²) in [4.78, 5) is 11.3. The first-order valence-corrected chi connectivity index (χ1v) is 12.1. The average molecular weight is 455 g/mol. The van der Waals surface area contributed by atoms with E-state index in [1.54, 1.807) is 30.3 Å². The zero-order valence-electron chi connectivity index (χ0n) is 15.9. The zero-order chi connectivity index (χ0) is 21.9. The summed E-state index contributed by atoms with van der Waals surface area (Å²) < 4.78 is 53.2. The van der Waals surface area contributed by atoms with Crippen molar-refractivity contribution in [3.63, 3.8) is 0 Å². The molecule has 3 rings (SSSR count). The van der Waals surface area contributed by atoms with Crippen LogP contribution in [0.25, 0.3) is 0 Å². The van der Waals surface area contributed by atoms with E-state index in [-0.39, 0.29) is 23.7 Å². The molecule has 0 radical (unpaired) electrons. The van der Waals surface area contributed by atoms with Gasteiger partial charge in [0.1, 0.15) is 12.3 Å². The molecule has 30 heavy (non-hydrogen) atoms. The molecular formula is C18H22N4O6S2. The molecule has 0 aliphatic carbocycles. The summed E-state index contributed by atoms with van der Waals surface area (Å²) in [5, 5.41) is 10.2. The number of phenolic OH excluding ortho intramolecular Hbond substituents is 1. The number of anilines is 2. The van der Waals surface area contributed by atoms with E-state index in [2.05, 4.69) is 4.72 Å². The molecular weight excluding hydrogens is 432 g/mol. The van der Waals surface area contributed by atoms with Crippen LogP contribution in [-0.4, -0.2) is 40.9 Å². The lowest BCUT2D eigenvalue weighted by Crippen LogP contribution is -2.29. The Bertz CT molecular complexity index is 1160. The van der Waals surface area contributed by atoms with Gasteiger partial charge in [-0.15, -0.1) is 0 Å². The van der Waals surface area contributed by atoms with E-state index in [0.29, 0.717) is 29.7 Å². The summed E-state index contributed by atoms with van der Waals surface area (Å²) in [7, 11) is -7.52. The number of nitrogens with two attached hydrogens (primary N) is 1. The Morgan fingerprint density at radius 3 is 2.57 bits per heavy atom. The number of phenols is 1. The largest absolute Gasteiger partial charge is 0.506 e. The minimum atomic E-state index is -4.00. The molecule has 1 aliphatic heterocycles. The highest BCUT2D eigenvalue weighted by Crippen LogP contribution is 2.31. The van der Waals surface area contributed by atoms with Crippen LogP contribution in [-0.2, 0) is 37.2 Å². The van der Waals surface area contributed by atoms with Crippen molar-refractivity contribution in [3.8, 4) is 5.75 Å². The number of carbonyl (C=O) groups excluding carboxylic acids is 1. The molecule has 162 valence electrons. The van der Waals surface area contributed by atoms with Crippen molar-refractivity contribution in [3.05, 3.63) is 53.6 Å². The van der Waals surface area contributed by atoms with Crippen LogP contribution in [0, 0.1) is 0 Å². The molecule has 1 amide bonds. The summed E-state index contributed by atoms with van der Waals surface area (Å²) in [6.45, 7) is -0.198. The van der Waals surface area contributed by atoms with Crippen LogP contribution in [0.2, 0.25) is 0 Å². The molecule has 5 N–H and O–H groups in total. The van der Waals surface area contributed by atoms with E-state index in [4.69, 9.17) is 5.73 Å². The molecule has 2 aromatic carbocycles. The molecule has 1 saturated heterocycles. The third-order valence-corrected chi connectivity index (χ3v) is 7.15. The first-order valence-electron chi connectivity index (χ1n) is 9.03. The minimum absolute atomic E-state index is 0.0000584.